The smallest absolute Gasteiger partial charge is 0.255 e. The maximum Gasteiger partial charge on any atom is 0.255 e. The number of sulfone groups is 1. The van der Waals surface area contributed by atoms with Gasteiger partial charge in [-0.05, 0) is 36.4 Å². The van der Waals surface area contributed by atoms with Crippen molar-refractivity contribution in [3.63, 3.8) is 0 Å². The molecule has 1 N–H and O–H groups in total. The summed E-state index contributed by atoms with van der Waals surface area (Å²) in [6, 6.07) is 8.65. The molecule has 0 radical (unpaired) electrons. The van der Waals surface area contributed by atoms with E-state index in [2.05, 4.69) is 5.32 Å². The first-order valence-electron chi connectivity index (χ1n) is 5.94. The fraction of sp³-hybridized carbons (Fsp3) is 0.0714. The average Bonchev–Trinajstić information content (AvgIpc) is 2.42. The highest BCUT2D eigenvalue weighted by atomic mass is 35.5. The van der Waals surface area contributed by atoms with Crippen LogP contribution >= 0.6 is 34.8 Å². The van der Waals surface area contributed by atoms with Gasteiger partial charge < -0.3 is 5.32 Å². The molecule has 0 saturated heterocycles. The fourth-order valence-corrected chi connectivity index (χ4v) is 3.31. The fourth-order valence-electron chi connectivity index (χ4n) is 1.71. The Bertz CT molecular complexity index is 850. The monoisotopic (exact) mass is 377 g/mol. The minimum atomic E-state index is -3.53. The van der Waals surface area contributed by atoms with E-state index in [1.807, 2.05) is 0 Å². The number of carbonyl (C=O) groups is 1. The molecule has 0 aliphatic heterocycles. The molecule has 0 atom stereocenters. The summed E-state index contributed by atoms with van der Waals surface area (Å²) in [7, 11) is -3.53. The second-order valence-electron chi connectivity index (χ2n) is 4.50. The molecule has 0 aromatic heterocycles. The van der Waals surface area contributed by atoms with Crippen molar-refractivity contribution in [1.29, 1.82) is 0 Å². The number of anilines is 1. The van der Waals surface area contributed by atoms with Gasteiger partial charge in [-0.25, -0.2) is 8.42 Å². The molecule has 116 valence electrons. The molecule has 2 aromatic rings. The minimum Gasteiger partial charge on any atom is -0.322 e. The number of rotatable bonds is 3. The van der Waals surface area contributed by atoms with Crippen LogP contribution in [0.4, 0.5) is 5.69 Å². The van der Waals surface area contributed by atoms with Gasteiger partial charge in [-0.15, -0.1) is 0 Å². The van der Waals surface area contributed by atoms with Crippen molar-refractivity contribution in [1.82, 2.24) is 0 Å². The van der Waals surface area contributed by atoms with Crippen molar-refractivity contribution >= 4 is 56.2 Å². The SMILES string of the molecule is CS(=O)(=O)c1cc(C(=O)Nc2ccc(Cl)c(Cl)c2)ccc1Cl. The van der Waals surface area contributed by atoms with Gasteiger partial charge in [-0.3, -0.25) is 4.79 Å². The van der Waals surface area contributed by atoms with Gasteiger partial charge in [0.15, 0.2) is 9.84 Å². The van der Waals surface area contributed by atoms with Crippen LogP contribution in [0.5, 0.6) is 0 Å². The normalized spacial score (nSPS) is 11.3. The third-order valence-corrected chi connectivity index (χ3v) is 5.09. The van der Waals surface area contributed by atoms with E-state index >= 15 is 0 Å². The molecular weight excluding hydrogens is 369 g/mol. The molecule has 0 spiro atoms. The zero-order valence-electron chi connectivity index (χ0n) is 11.2. The van der Waals surface area contributed by atoms with E-state index in [1.54, 1.807) is 12.1 Å². The Hall–Kier alpha value is -1.27. The first kappa shape index (κ1) is 17.1. The molecule has 2 rings (SSSR count). The van der Waals surface area contributed by atoms with Crippen LogP contribution in [0.1, 0.15) is 10.4 Å². The van der Waals surface area contributed by atoms with Crippen molar-refractivity contribution < 1.29 is 13.2 Å². The van der Waals surface area contributed by atoms with Crippen LogP contribution < -0.4 is 5.32 Å². The average molecular weight is 379 g/mol. The maximum atomic E-state index is 12.2. The molecule has 1 amide bonds. The zero-order valence-corrected chi connectivity index (χ0v) is 14.3. The van der Waals surface area contributed by atoms with Crippen LogP contribution in [0.2, 0.25) is 15.1 Å². The van der Waals surface area contributed by atoms with Gasteiger partial charge >= 0.3 is 0 Å². The molecular formula is C14H10Cl3NO3S. The molecule has 4 nitrogen and oxygen atoms in total. The van der Waals surface area contributed by atoms with Crippen LogP contribution in [0, 0.1) is 0 Å². The molecule has 0 saturated carbocycles. The van der Waals surface area contributed by atoms with Crippen LogP contribution in [-0.2, 0) is 9.84 Å². The molecule has 0 unspecified atom stereocenters. The van der Waals surface area contributed by atoms with Gasteiger partial charge in [-0.1, -0.05) is 34.8 Å². The van der Waals surface area contributed by atoms with Crippen molar-refractivity contribution in [2.45, 2.75) is 4.90 Å². The molecule has 2 aromatic carbocycles. The van der Waals surface area contributed by atoms with Gasteiger partial charge in [0.05, 0.1) is 20.0 Å². The zero-order chi connectivity index (χ0) is 16.5. The van der Waals surface area contributed by atoms with E-state index in [0.29, 0.717) is 15.7 Å². The van der Waals surface area contributed by atoms with Gasteiger partial charge in [-0.2, -0.15) is 0 Å². The molecule has 0 heterocycles. The summed E-state index contributed by atoms with van der Waals surface area (Å²) in [5.74, 6) is -0.486. The number of nitrogens with one attached hydrogen (secondary N) is 1. The summed E-state index contributed by atoms with van der Waals surface area (Å²) in [5.41, 5.74) is 0.603. The van der Waals surface area contributed by atoms with E-state index in [0.717, 1.165) is 6.26 Å². The lowest BCUT2D eigenvalue weighted by atomic mass is 10.2. The Morgan fingerprint density at radius 2 is 1.59 bits per heavy atom. The first-order chi connectivity index (χ1) is 10.2. The van der Waals surface area contributed by atoms with Gasteiger partial charge in [0.2, 0.25) is 0 Å². The quantitative estimate of drug-likeness (QED) is 0.866. The summed E-state index contributed by atoms with van der Waals surface area (Å²) in [6.07, 6.45) is 1.02. The van der Waals surface area contributed by atoms with E-state index in [9.17, 15) is 13.2 Å². The highest BCUT2D eigenvalue weighted by molar-refractivity contribution is 7.90. The predicted octanol–water partition coefficient (Wildman–Crippen LogP) is 4.30. The van der Waals surface area contributed by atoms with Crippen molar-refractivity contribution in [3.05, 3.63) is 57.0 Å². The number of hydrogen-bond acceptors (Lipinski definition) is 3. The van der Waals surface area contributed by atoms with Crippen molar-refractivity contribution in [2.75, 3.05) is 11.6 Å². The third-order valence-electron chi connectivity index (χ3n) is 2.77. The summed E-state index contributed by atoms with van der Waals surface area (Å²) >= 11 is 17.5. The number of amides is 1. The Balaban J connectivity index is 2.32. The second-order valence-corrected chi connectivity index (χ2v) is 7.71. The number of hydrogen-bond donors (Lipinski definition) is 1. The topological polar surface area (TPSA) is 63.2 Å². The summed E-state index contributed by atoms with van der Waals surface area (Å²) in [5, 5.41) is 3.33. The molecule has 22 heavy (non-hydrogen) atoms. The molecule has 0 fully saturated rings. The molecule has 8 heteroatoms. The van der Waals surface area contributed by atoms with E-state index < -0.39 is 15.7 Å². The number of benzene rings is 2. The minimum absolute atomic E-state index is 0.0635. The largest absolute Gasteiger partial charge is 0.322 e. The molecule has 0 aliphatic carbocycles. The van der Waals surface area contributed by atoms with Crippen LogP contribution in [-0.4, -0.2) is 20.6 Å². The highest BCUT2D eigenvalue weighted by Gasteiger charge is 2.16. The maximum absolute atomic E-state index is 12.2. The van der Waals surface area contributed by atoms with E-state index in [-0.39, 0.29) is 15.5 Å². The van der Waals surface area contributed by atoms with Gasteiger partial charge in [0.1, 0.15) is 0 Å². The molecule has 0 bridgehead atoms. The van der Waals surface area contributed by atoms with Gasteiger partial charge in [0, 0.05) is 17.5 Å². The van der Waals surface area contributed by atoms with Gasteiger partial charge in [0.25, 0.3) is 5.91 Å². The van der Waals surface area contributed by atoms with Crippen molar-refractivity contribution in [2.24, 2.45) is 0 Å². The van der Waals surface area contributed by atoms with E-state index in [4.69, 9.17) is 34.8 Å². The Labute approximate surface area is 142 Å². The molecule has 0 aliphatic rings. The number of carbonyl (C=O) groups excluding carboxylic acids is 1. The summed E-state index contributed by atoms with van der Waals surface area (Å²) < 4.78 is 23.2. The van der Waals surface area contributed by atoms with Crippen LogP contribution in [0.25, 0.3) is 0 Å². The Morgan fingerprint density at radius 1 is 0.955 bits per heavy atom. The van der Waals surface area contributed by atoms with Crippen LogP contribution in [0.15, 0.2) is 41.3 Å². The second kappa shape index (κ2) is 6.46. The van der Waals surface area contributed by atoms with Crippen molar-refractivity contribution in [3.8, 4) is 0 Å². The summed E-state index contributed by atoms with van der Waals surface area (Å²) in [6.45, 7) is 0. The summed E-state index contributed by atoms with van der Waals surface area (Å²) in [4.78, 5) is 12.1. The lowest BCUT2D eigenvalue weighted by Crippen LogP contribution is -2.13. The van der Waals surface area contributed by atoms with E-state index in [1.165, 1.54) is 24.3 Å². The lowest BCUT2D eigenvalue weighted by molar-refractivity contribution is 0.102. The Kier molecular flexibility index (Phi) is 5.02. The first-order valence-corrected chi connectivity index (χ1v) is 8.97. The lowest BCUT2D eigenvalue weighted by Gasteiger charge is -2.08. The standard InChI is InChI=1S/C14H10Cl3NO3S/c1-22(20,21)13-6-8(2-4-11(13)16)14(19)18-9-3-5-10(15)12(17)7-9/h2-7H,1H3,(H,18,19). The highest BCUT2D eigenvalue weighted by Crippen LogP contribution is 2.26. The third kappa shape index (κ3) is 3.93. The predicted molar refractivity (Wildman–Crippen MR) is 89.0 cm³/mol. The Morgan fingerprint density at radius 3 is 2.18 bits per heavy atom. The number of halogens is 3. The van der Waals surface area contributed by atoms with Crippen LogP contribution in [0.3, 0.4) is 0 Å².